The Labute approximate surface area is 49.9 Å². The summed E-state index contributed by atoms with van der Waals surface area (Å²) in [5.74, 6) is 0. The van der Waals surface area contributed by atoms with Gasteiger partial charge in [0.1, 0.15) is 0 Å². The lowest BCUT2D eigenvalue weighted by Crippen LogP contribution is -2.07. The number of rotatable bonds is 1. The van der Waals surface area contributed by atoms with Crippen LogP contribution < -0.4 is 11.5 Å². The largest absolute Gasteiger partial charge is 0.397 e. The van der Waals surface area contributed by atoms with Crippen LogP contribution in [0.1, 0.15) is 13.8 Å². The van der Waals surface area contributed by atoms with Crippen LogP contribution in [0.4, 0.5) is 0 Å². The van der Waals surface area contributed by atoms with Gasteiger partial charge in [0.15, 0.2) is 0 Å². The van der Waals surface area contributed by atoms with Crippen LogP contribution in [0.3, 0.4) is 0 Å². The van der Waals surface area contributed by atoms with Crippen molar-refractivity contribution < 1.29 is 0 Å². The second-order valence-corrected chi connectivity index (χ2v) is 1.49. The van der Waals surface area contributed by atoms with Crippen molar-refractivity contribution in [2.24, 2.45) is 11.5 Å². The summed E-state index contributed by atoms with van der Waals surface area (Å²) in [4.78, 5) is 0. The molecule has 4 N–H and O–H groups in total. The van der Waals surface area contributed by atoms with E-state index < -0.39 is 0 Å². The molecule has 0 saturated carbocycles. The molecule has 0 spiro atoms. The zero-order chi connectivity index (χ0) is 6.57. The highest BCUT2D eigenvalue weighted by atomic mass is 14.7. The van der Waals surface area contributed by atoms with Crippen molar-refractivity contribution >= 4 is 0 Å². The van der Waals surface area contributed by atoms with Crippen molar-refractivity contribution in [3.63, 3.8) is 0 Å². The summed E-state index contributed by atoms with van der Waals surface area (Å²) in [6.45, 7) is 3.71. The van der Waals surface area contributed by atoms with Gasteiger partial charge in [-0.3, -0.25) is 0 Å². The van der Waals surface area contributed by atoms with Crippen LogP contribution in [-0.2, 0) is 0 Å². The number of hydrogen-bond donors (Lipinski definition) is 2. The van der Waals surface area contributed by atoms with E-state index in [1.54, 1.807) is 12.2 Å². The van der Waals surface area contributed by atoms with Gasteiger partial charge >= 0.3 is 0 Å². The van der Waals surface area contributed by atoms with Gasteiger partial charge in [0.05, 0.1) is 11.4 Å². The Hall–Kier alpha value is -0.920. The predicted octanol–water partition coefficient (Wildman–Crippen LogP) is 0.711. The second-order valence-electron chi connectivity index (χ2n) is 1.49. The first-order valence-corrected chi connectivity index (χ1v) is 2.56. The lowest BCUT2D eigenvalue weighted by atomic mass is 10.3. The summed E-state index contributed by atoms with van der Waals surface area (Å²) in [5, 5.41) is 0. The van der Waals surface area contributed by atoms with Crippen LogP contribution >= 0.6 is 0 Å². The maximum Gasteiger partial charge on any atom is 0.0501 e. The fourth-order valence-electron chi connectivity index (χ4n) is 0.333. The average molecular weight is 112 g/mol. The molecule has 0 aliphatic rings. The minimum atomic E-state index is 0.646. The molecule has 0 aliphatic heterocycles. The first-order valence-electron chi connectivity index (χ1n) is 2.56. The van der Waals surface area contributed by atoms with Crippen LogP contribution in [0.5, 0.6) is 0 Å². The number of nitrogens with two attached hydrogens (primary N) is 2. The van der Waals surface area contributed by atoms with Crippen LogP contribution in [-0.4, -0.2) is 0 Å². The van der Waals surface area contributed by atoms with E-state index in [-0.39, 0.29) is 0 Å². The zero-order valence-corrected chi connectivity index (χ0v) is 5.31. The van der Waals surface area contributed by atoms with Gasteiger partial charge in [-0.1, -0.05) is 12.2 Å². The lowest BCUT2D eigenvalue weighted by molar-refractivity contribution is 1.22. The molecular weight excluding hydrogens is 100 g/mol. The average Bonchev–Trinajstić information content (AvgIpc) is 1.84. The molecule has 0 fully saturated rings. The first-order chi connectivity index (χ1) is 3.72. The minimum absolute atomic E-state index is 0.646. The fraction of sp³-hybridized carbons (Fsp3) is 0.333. The molecule has 0 saturated heterocycles. The second kappa shape index (κ2) is 3.13. The van der Waals surface area contributed by atoms with Gasteiger partial charge in [-0.05, 0) is 13.8 Å². The maximum atomic E-state index is 5.39. The van der Waals surface area contributed by atoms with E-state index in [2.05, 4.69) is 0 Å². The van der Waals surface area contributed by atoms with E-state index in [9.17, 15) is 0 Å². The third-order valence-electron chi connectivity index (χ3n) is 0.955. The molecule has 0 rings (SSSR count). The van der Waals surface area contributed by atoms with Gasteiger partial charge < -0.3 is 11.5 Å². The van der Waals surface area contributed by atoms with E-state index in [0.29, 0.717) is 11.4 Å². The molecule has 0 aromatic carbocycles. The molecule has 0 aromatic rings. The van der Waals surface area contributed by atoms with E-state index in [0.717, 1.165) is 0 Å². The minimum Gasteiger partial charge on any atom is -0.397 e. The highest BCUT2D eigenvalue weighted by molar-refractivity contribution is 5.23. The highest BCUT2D eigenvalue weighted by Crippen LogP contribution is 1.92. The molecule has 0 aromatic heterocycles. The van der Waals surface area contributed by atoms with Gasteiger partial charge in [-0.15, -0.1) is 0 Å². The molecule has 0 radical (unpaired) electrons. The van der Waals surface area contributed by atoms with Gasteiger partial charge in [0, 0.05) is 0 Å². The number of allylic oxidation sites excluding steroid dienone is 2. The van der Waals surface area contributed by atoms with Crippen LogP contribution in [0, 0.1) is 0 Å². The standard InChI is InChI=1S/C6H12N2/c1-3-5(7)6(8)4-2/h3-4H,7-8H2,1-2H3/b5-3+,6-4+. The third kappa shape index (κ3) is 1.69. The van der Waals surface area contributed by atoms with Gasteiger partial charge in [0.2, 0.25) is 0 Å². The molecule has 0 atom stereocenters. The van der Waals surface area contributed by atoms with Crippen molar-refractivity contribution in [1.29, 1.82) is 0 Å². The maximum absolute atomic E-state index is 5.39. The molecule has 46 valence electrons. The van der Waals surface area contributed by atoms with E-state index in [1.165, 1.54) is 0 Å². The summed E-state index contributed by atoms with van der Waals surface area (Å²) < 4.78 is 0. The fourth-order valence-corrected chi connectivity index (χ4v) is 0.333. The van der Waals surface area contributed by atoms with E-state index in [4.69, 9.17) is 11.5 Å². The zero-order valence-electron chi connectivity index (χ0n) is 5.31. The summed E-state index contributed by atoms with van der Waals surface area (Å²) in [7, 11) is 0. The molecule has 2 nitrogen and oxygen atoms in total. The van der Waals surface area contributed by atoms with E-state index >= 15 is 0 Å². The summed E-state index contributed by atoms with van der Waals surface area (Å²) in [6, 6.07) is 0. The molecule has 0 heterocycles. The summed E-state index contributed by atoms with van der Waals surface area (Å²) >= 11 is 0. The van der Waals surface area contributed by atoms with Crippen LogP contribution in [0.25, 0.3) is 0 Å². The van der Waals surface area contributed by atoms with Crippen LogP contribution in [0.15, 0.2) is 23.5 Å². The Kier molecular flexibility index (Phi) is 2.77. The Bertz CT molecular complexity index is 106. The highest BCUT2D eigenvalue weighted by Gasteiger charge is 1.86. The van der Waals surface area contributed by atoms with Crippen molar-refractivity contribution in [3.05, 3.63) is 23.5 Å². The monoisotopic (exact) mass is 112 g/mol. The third-order valence-corrected chi connectivity index (χ3v) is 0.955. The molecule has 8 heavy (non-hydrogen) atoms. The molecule has 0 amide bonds. The molecule has 0 aliphatic carbocycles. The van der Waals surface area contributed by atoms with Crippen molar-refractivity contribution in [3.8, 4) is 0 Å². The summed E-state index contributed by atoms with van der Waals surface area (Å²) in [5.41, 5.74) is 12.1. The van der Waals surface area contributed by atoms with Crippen molar-refractivity contribution in [1.82, 2.24) is 0 Å². The van der Waals surface area contributed by atoms with Gasteiger partial charge in [-0.25, -0.2) is 0 Å². The van der Waals surface area contributed by atoms with Crippen molar-refractivity contribution in [2.75, 3.05) is 0 Å². The quantitative estimate of drug-likeness (QED) is 0.491. The van der Waals surface area contributed by atoms with Crippen LogP contribution in [0.2, 0.25) is 0 Å². The van der Waals surface area contributed by atoms with Gasteiger partial charge in [-0.2, -0.15) is 0 Å². The Morgan fingerprint density at radius 2 is 1.25 bits per heavy atom. The van der Waals surface area contributed by atoms with E-state index in [1.807, 2.05) is 13.8 Å². The Balaban J connectivity index is 4.04. The SMILES string of the molecule is C/C=C(N)\C(N)=C/C. The summed E-state index contributed by atoms with van der Waals surface area (Å²) in [6.07, 6.45) is 3.55. The molecule has 2 heteroatoms. The molecule has 0 unspecified atom stereocenters. The predicted molar refractivity (Wildman–Crippen MR) is 35.9 cm³/mol. The van der Waals surface area contributed by atoms with Gasteiger partial charge in [0.25, 0.3) is 0 Å². The molecular formula is C6H12N2. The smallest absolute Gasteiger partial charge is 0.0501 e. The Morgan fingerprint density at radius 1 is 1.00 bits per heavy atom. The Morgan fingerprint density at radius 3 is 1.38 bits per heavy atom. The van der Waals surface area contributed by atoms with Crippen molar-refractivity contribution in [2.45, 2.75) is 13.8 Å². The number of hydrogen-bond acceptors (Lipinski definition) is 2. The normalized spacial score (nSPS) is 14.2. The first kappa shape index (κ1) is 7.08. The molecule has 0 bridgehead atoms. The lowest BCUT2D eigenvalue weighted by Gasteiger charge is -1.96. The topological polar surface area (TPSA) is 52.0 Å².